The number of methoxy groups -OCH3 is 1. The number of nitrogens with one attached hydrogen (secondary N) is 1. The van der Waals surface area contributed by atoms with E-state index in [0.717, 1.165) is 12.0 Å². The summed E-state index contributed by atoms with van der Waals surface area (Å²) in [6.07, 6.45) is 0.723. The number of esters is 1. The van der Waals surface area contributed by atoms with Crippen LogP contribution in [-0.2, 0) is 11.2 Å². The topological polar surface area (TPSA) is 64.1 Å². The fourth-order valence-electron chi connectivity index (χ4n) is 1.90. The summed E-state index contributed by atoms with van der Waals surface area (Å²) in [7, 11) is 1.29. The molecule has 1 N–H and O–H groups in total. The lowest BCUT2D eigenvalue weighted by Crippen LogP contribution is -2.19. The van der Waals surface area contributed by atoms with Gasteiger partial charge in [0.05, 0.1) is 7.11 Å². The van der Waals surface area contributed by atoms with Gasteiger partial charge in [0.2, 0.25) is 0 Å². The van der Waals surface area contributed by atoms with Crippen molar-refractivity contribution in [1.29, 1.82) is 0 Å². The van der Waals surface area contributed by atoms with Crippen LogP contribution in [0, 0.1) is 5.82 Å². The Morgan fingerprint density at radius 3 is 2.52 bits per heavy atom. The van der Waals surface area contributed by atoms with Crippen molar-refractivity contribution in [2.45, 2.75) is 19.4 Å². The van der Waals surface area contributed by atoms with Gasteiger partial charge in [-0.15, -0.1) is 10.2 Å². The zero-order valence-electron chi connectivity index (χ0n) is 11.8. The van der Waals surface area contributed by atoms with Crippen molar-refractivity contribution in [1.82, 2.24) is 10.2 Å². The predicted octanol–water partition coefficient (Wildman–Crippen LogP) is 2.45. The third-order valence-electron chi connectivity index (χ3n) is 2.91. The summed E-state index contributed by atoms with van der Waals surface area (Å²) in [4.78, 5) is 11.2. The number of hydrogen-bond donors (Lipinski definition) is 1. The Morgan fingerprint density at radius 2 is 1.95 bits per heavy atom. The van der Waals surface area contributed by atoms with E-state index in [0.29, 0.717) is 5.82 Å². The molecule has 6 heteroatoms. The number of benzene rings is 1. The van der Waals surface area contributed by atoms with Crippen molar-refractivity contribution in [3.63, 3.8) is 0 Å². The molecule has 0 bridgehead atoms. The highest BCUT2D eigenvalue weighted by Gasteiger charge is 2.09. The summed E-state index contributed by atoms with van der Waals surface area (Å²) in [6, 6.07) is 9.68. The maximum Gasteiger partial charge on any atom is 0.358 e. The molecular formula is C15H16FN3O2. The van der Waals surface area contributed by atoms with Crippen LogP contribution in [0.5, 0.6) is 0 Å². The molecule has 1 aromatic carbocycles. The molecule has 0 aliphatic carbocycles. The molecule has 1 atom stereocenters. The summed E-state index contributed by atoms with van der Waals surface area (Å²) in [6.45, 7) is 1.99. The van der Waals surface area contributed by atoms with Gasteiger partial charge in [-0.05, 0) is 43.2 Å². The molecule has 0 spiro atoms. The van der Waals surface area contributed by atoms with Crippen LogP contribution in [-0.4, -0.2) is 29.3 Å². The fraction of sp³-hybridized carbons (Fsp3) is 0.267. The zero-order chi connectivity index (χ0) is 15.2. The van der Waals surface area contributed by atoms with Gasteiger partial charge in [-0.1, -0.05) is 12.1 Å². The average Bonchev–Trinajstić information content (AvgIpc) is 2.49. The first-order chi connectivity index (χ1) is 10.1. The predicted molar refractivity (Wildman–Crippen MR) is 76.6 cm³/mol. The molecular weight excluding hydrogens is 273 g/mol. The number of carbonyl (C=O) groups is 1. The number of rotatable bonds is 5. The Balaban J connectivity index is 1.94. The first-order valence-corrected chi connectivity index (χ1v) is 6.51. The van der Waals surface area contributed by atoms with Gasteiger partial charge in [-0.25, -0.2) is 9.18 Å². The molecule has 1 unspecified atom stereocenters. The molecule has 5 nitrogen and oxygen atoms in total. The van der Waals surface area contributed by atoms with Crippen LogP contribution in [0.3, 0.4) is 0 Å². The highest BCUT2D eigenvalue weighted by atomic mass is 19.1. The monoisotopic (exact) mass is 289 g/mol. The lowest BCUT2D eigenvalue weighted by atomic mass is 10.1. The third-order valence-corrected chi connectivity index (χ3v) is 2.91. The van der Waals surface area contributed by atoms with Crippen LogP contribution in [0.2, 0.25) is 0 Å². The van der Waals surface area contributed by atoms with Gasteiger partial charge in [0, 0.05) is 6.04 Å². The lowest BCUT2D eigenvalue weighted by Gasteiger charge is -2.14. The maximum absolute atomic E-state index is 12.8. The van der Waals surface area contributed by atoms with E-state index >= 15 is 0 Å². The van der Waals surface area contributed by atoms with Crippen molar-refractivity contribution < 1.29 is 13.9 Å². The number of anilines is 1. The molecule has 110 valence electrons. The number of hydrogen-bond acceptors (Lipinski definition) is 5. The van der Waals surface area contributed by atoms with Crippen LogP contribution >= 0.6 is 0 Å². The molecule has 0 amide bonds. The Labute approximate surface area is 122 Å². The second kappa shape index (κ2) is 6.78. The largest absolute Gasteiger partial charge is 0.464 e. The van der Waals surface area contributed by atoms with Gasteiger partial charge in [-0.2, -0.15) is 0 Å². The number of aromatic nitrogens is 2. The normalized spacial score (nSPS) is 11.8. The molecule has 21 heavy (non-hydrogen) atoms. The first-order valence-electron chi connectivity index (χ1n) is 6.51. The van der Waals surface area contributed by atoms with Gasteiger partial charge in [0.25, 0.3) is 0 Å². The summed E-state index contributed by atoms with van der Waals surface area (Å²) in [5, 5.41) is 10.9. The Bertz CT molecular complexity index is 599. The van der Waals surface area contributed by atoms with Crippen molar-refractivity contribution in [3.8, 4) is 0 Å². The van der Waals surface area contributed by atoms with E-state index in [9.17, 15) is 9.18 Å². The SMILES string of the molecule is COC(=O)c1ccc(NC(C)Cc2ccc(F)cc2)nn1. The molecule has 1 aromatic heterocycles. The number of halogens is 1. The van der Waals surface area contributed by atoms with Crippen LogP contribution in [0.25, 0.3) is 0 Å². The molecule has 0 aliphatic rings. The van der Waals surface area contributed by atoms with Gasteiger partial charge < -0.3 is 10.1 Å². The van der Waals surface area contributed by atoms with Crippen LogP contribution < -0.4 is 5.32 Å². The van der Waals surface area contributed by atoms with Gasteiger partial charge in [-0.3, -0.25) is 0 Å². The van der Waals surface area contributed by atoms with E-state index in [4.69, 9.17) is 0 Å². The van der Waals surface area contributed by atoms with Crippen molar-refractivity contribution in [3.05, 3.63) is 53.5 Å². The third kappa shape index (κ3) is 4.24. The standard InChI is InChI=1S/C15H16FN3O2/c1-10(9-11-3-5-12(16)6-4-11)17-14-8-7-13(18-19-14)15(20)21-2/h3-8,10H,9H2,1-2H3,(H,17,19). The fourth-order valence-corrected chi connectivity index (χ4v) is 1.90. The van der Waals surface area contributed by atoms with E-state index in [2.05, 4.69) is 20.3 Å². The highest BCUT2D eigenvalue weighted by molar-refractivity contribution is 5.86. The molecule has 0 fully saturated rings. The molecule has 0 saturated heterocycles. The van der Waals surface area contributed by atoms with Gasteiger partial charge in [0.15, 0.2) is 5.69 Å². The van der Waals surface area contributed by atoms with E-state index < -0.39 is 5.97 Å². The maximum atomic E-state index is 12.8. The first kappa shape index (κ1) is 14.9. The molecule has 0 aliphatic heterocycles. The van der Waals surface area contributed by atoms with E-state index in [1.165, 1.54) is 19.2 Å². The molecule has 2 aromatic rings. The minimum absolute atomic E-state index is 0.0914. The molecule has 2 rings (SSSR count). The minimum atomic E-state index is -0.520. The Kier molecular flexibility index (Phi) is 4.81. The summed E-state index contributed by atoms with van der Waals surface area (Å²) < 4.78 is 17.4. The number of ether oxygens (including phenoxy) is 1. The summed E-state index contributed by atoms with van der Waals surface area (Å²) in [5.41, 5.74) is 1.18. The van der Waals surface area contributed by atoms with E-state index in [1.807, 2.05) is 6.92 Å². The van der Waals surface area contributed by atoms with Gasteiger partial charge >= 0.3 is 5.97 Å². The van der Waals surface area contributed by atoms with Crippen molar-refractivity contribution in [2.75, 3.05) is 12.4 Å². The number of carbonyl (C=O) groups excluding carboxylic acids is 1. The highest BCUT2D eigenvalue weighted by Crippen LogP contribution is 2.10. The van der Waals surface area contributed by atoms with Crippen molar-refractivity contribution in [2.24, 2.45) is 0 Å². The van der Waals surface area contributed by atoms with Gasteiger partial charge in [0.1, 0.15) is 11.6 Å². The Hall–Kier alpha value is -2.50. The molecule has 1 heterocycles. The second-order valence-electron chi connectivity index (χ2n) is 4.67. The summed E-state index contributed by atoms with van der Waals surface area (Å²) >= 11 is 0. The van der Waals surface area contributed by atoms with E-state index in [-0.39, 0.29) is 17.6 Å². The quantitative estimate of drug-likeness (QED) is 0.857. The van der Waals surface area contributed by atoms with Crippen LogP contribution in [0.1, 0.15) is 23.0 Å². The molecule has 0 saturated carbocycles. The molecule has 0 radical (unpaired) electrons. The number of nitrogens with zero attached hydrogens (tertiary/aromatic N) is 2. The van der Waals surface area contributed by atoms with Crippen molar-refractivity contribution >= 4 is 11.8 Å². The second-order valence-corrected chi connectivity index (χ2v) is 4.67. The van der Waals surface area contributed by atoms with Crippen LogP contribution in [0.4, 0.5) is 10.2 Å². The minimum Gasteiger partial charge on any atom is -0.464 e. The van der Waals surface area contributed by atoms with E-state index in [1.54, 1.807) is 24.3 Å². The average molecular weight is 289 g/mol. The smallest absolute Gasteiger partial charge is 0.358 e. The Morgan fingerprint density at radius 1 is 1.24 bits per heavy atom. The van der Waals surface area contributed by atoms with Crippen LogP contribution in [0.15, 0.2) is 36.4 Å². The zero-order valence-corrected chi connectivity index (χ0v) is 11.8. The lowest BCUT2D eigenvalue weighted by molar-refractivity contribution is 0.0593. The summed E-state index contributed by atoms with van der Waals surface area (Å²) in [5.74, 6) is -0.200.